The van der Waals surface area contributed by atoms with E-state index >= 15 is 0 Å². The average molecular weight is 339 g/mol. The van der Waals surface area contributed by atoms with E-state index in [0.717, 1.165) is 5.56 Å². The number of rotatable bonds is 5. The summed E-state index contributed by atoms with van der Waals surface area (Å²) in [5, 5.41) is 22.7. The van der Waals surface area contributed by atoms with Crippen molar-refractivity contribution in [2.75, 3.05) is 12.4 Å². The maximum Gasteiger partial charge on any atom is 0.270 e. The van der Waals surface area contributed by atoms with Gasteiger partial charge in [0.1, 0.15) is 5.75 Å². The first kappa shape index (κ1) is 17.9. The van der Waals surface area contributed by atoms with E-state index < -0.39 is 16.2 Å². The Balaban J connectivity index is 2.27. The van der Waals surface area contributed by atoms with E-state index in [9.17, 15) is 14.9 Å². The minimum atomic E-state index is -0.633. The summed E-state index contributed by atoms with van der Waals surface area (Å²) in [5.41, 5.74) is 0.568. The molecule has 0 aliphatic rings. The second-order valence-corrected chi connectivity index (χ2v) is 5.91. The number of nitriles is 1. The SMILES string of the molecule is COc1ccc([N+](=O)[O-])cc1C(=O)Nc1ccc(C(C)(C)C#N)cc1. The number of nitro benzene ring substituents is 1. The molecule has 25 heavy (non-hydrogen) atoms. The van der Waals surface area contributed by atoms with Crippen LogP contribution in [0.2, 0.25) is 0 Å². The van der Waals surface area contributed by atoms with E-state index in [1.54, 1.807) is 38.1 Å². The fourth-order valence-corrected chi connectivity index (χ4v) is 2.22. The molecular formula is C18H17N3O4. The summed E-state index contributed by atoms with van der Waals surface area (Å²) in [6.45, 7) is 3.60. The number of ether oxygens (including phenoxy) is 1. The van der Waals surface area contributed by atoms with Crippen LogP contribution in [0.15, 0.2) is 42.5 Å². The Labute approximate surface area is 145 Å². The lowest BCUT2D eigenvalue weighted by atomic mass is 9.86. The molecule has 2 rings (SSSR count). The van der Waals surface area contributed by atoms with Gasteiger partial charge in [-0.2, -0.15) is 5.26 Å². The quantitative estimate of drug-likeness (QED) is 0.661. The van der Waals surface area contributed by atoms with Crippen molar-refractivity contribution in [2.45, 2.75) is 19.3 Å². The van der Waals surface area contributed by atoms with Gasteiger partial charge in [0, 0.05) is 17.8 Å². The number of amides is 1. The standard InChI is InChI=1S/C18H17N3O4/c1-18(2,11-19)12-4-6-13(7-5-12)20-17(22)15-10-14(21(23)24)8-9-16(15)25-3/h4-10H,1-3H3,(H,20,22). The highest BCUT2D eigenvalue weighted by Gasteiger charge is 2.20. The molecule has 7 heteroatoms. The van der Waals surface area contributed by atoms with Crippen molar-refractivity contribution in [3.8, 4) is 11.8 Å². The Morgan fingerprint density at radius 2 is 1.88 bits per heavy atom. The molecule has 0 aromatic heterocycles. The predicted molar refractivity (Wildman–Crippen MR) is 92.7 cm³/mol. The maximum atomic E-state index is 12.4. The van der Waals surface area contributed by atoms with E-state index in [2.05, 4.69) is 11.4 Å². The van der Waals surface area contributed by atoms with Crippen LogP contribution in [0.3, 0.4) is 0 Å². The summed E-state index contributed by atoms with van der Waals surface area (Å²) in [7, 11) is 1.39. The summed E-state index contributed by atoms with van der Waals surface area (Å²) in [6.07, 6.45) is 0. The van der Waals surface area contributed by atoms with Crippen LogP contribution in [0.1, 0.15) is 29.8 Å². The lowest BCUT2D eigenvalue weighted by molar-refractivity contribution is -0.384. The minimum Gasteiger partial charge on any atom is -0.496 e. The summed E-state index contributed by atoms with van der Waals surface area (Å²) in [5.74, 6) is -0.279. The van der Waals surface area contributed by atoms with Crippen molar-refractivity contribution >= 4 is 17.3 Å². The Kier molecular flexibility index (Phi) is 5.03. The third-order valence-electron chi connectivity index (χ3n) is 3.78. The largest absolute Gasteiger partial charge is 0.496 e. The number of benzene rings is 2. The summed E-state index contributed by atoms with van der Waals surface area (Å²) in [6, 6.07) is 12.9. The molecule has 0 radical (unpaired) electrons. The fraction of sp³-hybridized carbons (Fsp3) is 0.222. The molecule has 0 unspecified atom stereocenters. The van der Waals surface area contributed by atoms with Crippen LogP contribution in [-0.2, 0) is 5.41 Å². The second kappa shape index (κ2) is 7.01. The Morgan fingerprint density at radius 1 is 1.24 bits per heavy atom. The van der Waals surface area contributed by atoms with Crippen LogP contribution in [0.25, 0.3) is 0 Å². The van der Waals surface area contributed by atoms with Gasteiger partial charge in [-0.1, -0.05) is 12.1 Å². The maximum absolute atomic E-state index is 12.4. The molecule has 0 bridgehead atoms. The smallest absolute Gasteiger partial charge is 0.270 e. The molecule has 0 aliphatic carbocycles. The molecule has 0 fully saturated rings. The first-order valence-electron chi connectivity index (χ1n) is 7.44. The van der Waals surface area contributed by atoms with Crippen molar-refractivity contribution in [1.82, 2.24) is 0 Å². The highest BCUT2D eigenvalue weighted by atomic mass is 16.6. The summed E-state index contributed by atoms with van der Waals surface area (Å²) < 4.78 is 5.10. The molecule has 1 amide bonds. The van der Waals surface area contributed by atoms with Crippen molar-refractivity contribution < 1.29 is 14.5 Å². The van der Waals surface area contributed by atoms with Gasteiger partial charge in [0.25, 0.3) is 11.6 Å². The van der Waals surface area contributed by atoms with Crippen LogP contribution in [0, 0.1) is 21.4 Å². The Bertz CT molecular complexity index is 852. The zero-order valence-corrected chi connectivity index (χ0v) is 14.1. The third kappa shape index (κ3) is 3.93. The molecule has 2 aromatic rings. The van der Waals surface area contributed by atoms with Gasteiger partial charge >= 0.3 is 0 Å². The van der Waals surface area contributed by atoms with Crippen LogP contribution in [-0.4, -0.2) is 17.9 Å². The first-order chi connectivity index (χ1) is 11.8. The number of methoxy groups -OCH3 is 1. The number of non-ortho nitro benzene ring substituents is 1. The van der Waals surface area contributed by atoms with Crippen molar-refractivity contribution in [3.05, 3.63) is 63.7 Å². The first-order valence-corrected chi connectivity index (χ1v) is 7.44. The topological polar surface area (TPSA) is 105 Å². The zero-order chi connectivity index (χ0) is 18.6. The fourth-order valence-electron chi connectivity index (χ4n) is 2.22. The van der Waals surface area contributed by atoms with Gasteiger partial charge in [-0.15, -0.1) is 0 Å². The highest BCUT2D eigenvalue weighted by Crippen LogP contribution is 2.26. The highest BCUT2D eigenvalue weighted by molar-refractivity contribution is 6.06. The number of nitrogens with zero attached hydrogens (tertiary/aromatic N) is 2. The van der Waals surface area contributed by atoms with Crippen molar-refractivity contribution in [1.29, 1.82) is 5.26 Å². The minimum absolute atomic E-state index is 0.0677. The lowest BCUT2D eigenvalue weighted by Crippen LogP contribution is -2.15. The van der Waals surface area contributed by atoms with Gasteiger partial charge < -0.3 is 10.1 Å². The molecule has 128 valence electrons. The normalized spacial score (nSPS) is 10.6. The Hall–Kier alpha value is -3.40. The Morgan fingerprint density at radius 3 is 2.40 bits per heavy atom. The third-order valence-corrected chi connectivity index (χ3v) is 3.78. The van der Waals surface area contributed by atoms with Gasteiger partial charge in [-0.25, -0.2) is 0 Å². The van der Waals surface area contributed by atoms with E-state index in [-0.39, 0.29) is 17.0 Å². The number of carbonyl (C=O) groups is 1. The van der Waals surface area contributed by atoms with Gasteiger partial charge in [0.2, 0.25) is 0 Å². The van der Waals surface area contributed by atoms with Crippen molar-refractivity contribution in [2.24, 2.45) is 0 Å². The average Bonchev–Trinajstić information content (AvgIpc) is 2.61. The number of hydrogen-bond acceptors (Lipinski definition) is 5. The molecule has 0 saturated heterocycles. The van der Waals surface area contributed by atoms with E-state index in [1.165, 1.54) is 25.3 Å². The lowest BCUT2D eigenvalue weighted by Gasteiger charge is -2.16. The molecular weight excluding hydrogens is 322 g/mol. The molecule has 7 nitrogen and oxygen atoms in total. The van der Waals surface area contributed by atoms with Crippen LogP contribution in [0.5, 0.6) is 5.75 Å². The summed E-state index contributed by atoms with van der Waals surface area (Å²) in [4.78, 5) is 22.8. The number of nitrogens with one attached hydrogen (secondary N) is 1. The number of hydrogen-bond donors (Lipinski definition) is 1. The van der Waals surface area contributed by atoms with Crippen LogP contribution >= 0.6 is 0 Å². The number of anilines is 1. The van der Waals surface area contributed by atoms with E-state index in [0.29, 0.717) is 5.69 Å². The van der Waals surface area contributed by atoms with Crippen LogP contribution in [0.4, 0.5) is 11.4 Å². The van der Waals surface area contributed by atoms with Crippen LogP contribution < -0.4 is 10.1 Å². The van der Waals surface area contributed by atoms with Gasteiger partial charge in [0.05, 0.1) is 29.1 Å². The zero-order valence-electron chi connectivity index (χ0n) is 14.1. The van der Waals surface area contributed by atoms with E-state index in [1.807, 2.05) is 0 Å². The molecule has 0 saturated carbocycles. The van der Waals surface area contributed by atoms with Gasteiger partial charge in [0.15, 0.2) is 0 Å². The molecule has 2 aromatic carbocycles. The monoisotopic (exact) mass is 339 g/mol. The van der Waals surface area contributed by atoms with E-state index in [4.69, 9.17) is 10.00 Å². The molecule has 0 atom stereocenters. The predicted octanol–water partition coefficient (Wildman–Crippen LogP) is 3.66. The second-order valence-electron chi connectivity index (χ2n) is 5.91. The molecule has 0 aliphatic heterocycles. The van der Waals surface area contributed by atoms with Gasteiger partial charge in [-0.05, 0) is 37.6 Å². The summed E-state index contributed by atoms with van der Waals surface area (Å²) >= 11 is 0. The van der Waals surface area contributed by atoms with Gasteiger partial charge in [-0.3, -0.25) is 14.9 Å². The van der Waals surface area contributed by atoms with Crippen molar-refractivity contribution in [3.63, 3.8) is 0 Å². The number of nitro groups is 1. The number of carbonyl (C=O) groups excluding carboxylic acids is 1. The molecule has 1 N–H and O–H groups in total. The molecule has 0 heterocycles. The molecule has 0 spiro atoms.